The van der Waals surface area contributed by atoms with Crippen LogP contribution in [0.1, 0.15) is 17.7 Å². The van der Waals surface area contributed by atoms with Crippen LogP contribution in [0.2, 0.25) is 0 Å². The summed E-state index contributed by atoms with van der Waals surface area (Å²) in [5, 5.41) is 3.67. The van der Waals surface area contributed by atoms with E-state index in [0.717, 1.165) is 22.3 Å². The SMILES string of the molecule is COCCNC(=O)CCn1c(C)c(C)c2c(N)ncnc21. The minimum Gasteiger partial charge on any atom is -0.383 e. The van der Waals surface area contributed by atoms with Crippen molar-refractivity contribution in [1.82, 2.24) is 19.9 Å². The molecule has 7 heteroatoms. The number of rotatable bonds is 6. The molecule has 2 aromatic rings. The fourth-order valence-electron chi connectivity index (χ4n) is 2.36. The Kier molecular flexibility index (Phi) is 4.74. The second kappa shape index (κ2) is 6.53. The summed E-state index contributed by atoms with van der Waals surface area (Å²) in [6, 6.07) is 0. The highest BCUT2D eigenvalue weighted by molar-refractivity contribution is 5.90. The molecule has 0 aliphatic heterocycles. The van der Waals surface area contributed by atoms with Gasteiger partial charge in [-0.25, -0.2) is 9.97 Å². The number of anilines is 1. The normalized spacial score (nSPS) is 11.0. The van der Waals surface area contributed by atoms with E-state index in [2.05, 4.69) is 15.3 Å². The van der Waals surface area contributed by atoms with Crippen LogP contribution in [0.15, 0.2) is 6.33 Å². The second-order valence-electron chi connectivity index (χ2n) is 4.91. The number of carbonyl (C=O) groups is 1. The number of nitrogens with one attached hydrogen (secondary N) is 1. The van der Waals surface area contributed by atoms with Crippen molar-refractivity contribution in [3.05, 3.63) is 17.6 Å². The molecule has 0 atom stereocenters. The van der Waals surface area contributed by atoms with Crippen molar-refractivity contribution < 1.29 is 9.53 Å². The van der Waals surface area contributed by atoms with E-state index in [1.54, 1.807) is 7.11 Å². The average molecular weight is 291 g/mol. The Morgan fingerprint density at radius 3 is 2.90 bits per heavy atom. The quantitative estimate of drug-likeness (QED) is 0.767. The average Bonchev–Trinajstić information content (AvgIpc) is 2.70. The number of aryl methyl sites for hydroxylation is 2. The standard InChI is InChI=1S/C14H21N5O2/c1-9-10(2)19(6-4-11(20)16-5-7-21-3)14-12(9)13(15)17-8-18-14/h8H,4-7H2,1-3H3,(H,16,20)(H2,15,17,18). The Labute approximate surface area is 123 Å². The van der Waals surface area contributed by atoms with Crippen molar-refractivity contribution >= 4 is 22.8 Å². The van der Waals surface area contributed by atoms with Crippen molar-refractivity contribution in [3.63, 3.8) is 0 Å². The number of nitrogen functional groups attached to an aromatic ring is 1. The zero-order chi connectivity index (χ0) is 15.4. The Hall–Kier alpha value is -2.15. The molecule has 0 bridgehead atoms. The molecule has 21 heavy (non-hydrogen) atoms. The van der Waals surface area contributed by atoms with E-state index in [4.69, 9.17) is 10.5 Å². The lowest BCUT2D eigenvalue weighted by molar-refractivity contribution is -0.121. The van der Waals surface area contributed by atoms with Gasteiger partial charge in [-0.05, 0) is 19.4 Å². The maximum Gasteiger partial charge on any atom is 0.221 e. The topological polar surface area (TPSA) is 95.1 Å². The zero-order valence-corrected chi connectivity index (χ0v) is 12.6. The van der Waals surface area contributed by atoms with E-state index < -0.39 is 0 Å². The molecule has 0 aliphatic rings. The van der Waals surface area contributed by atoms with Crippen LogP contribution in [0, 0.1) is 13.8 Å². The summed E-state index contributed by atoms with van der Waals surface area (Å²) in [5.74, 6) is 0.469. The summed E-state index contributed by atoms with van der Waals surface area (Å²) < 4.78 is 6.91. The van der Waals surface area contributed by atoms with Gasteiger partial charge in [-0.1, -0.05) is 0 Å². The number of methoxy groups -OCH3 is 1. The van der Waals surface area contributed by atoms with Gasteiger partial charge in [-0.2, -0.15) is 0 Å². The smallest absolute Gasteiger partial charge is 0.221 e. The minimum atomic E-state index is -0.00650. The van der Waals surface area contributed by atoms with Gasteiger partial charge in [0.25, 0.3) is 0 Å². The lowest BCUT2D eigenvalue weighted by Crippen LogP contribution is -2.27. The summed E-state index contributed by atoms with van der Waals surface area (Å²) in [6.45, 7) is 5.59. The third kappa shape index (κ3) is 3.13. The molecule has 0 unspecified atom stereocenters. The molecular formula is C14H21N5O2. The summed E-state index contributed by atoms with van der Waals surface area (Å²) in [4.78, 5) is 20.1. The van der Waals surface area contributed by atoms with Gasteiger partial charge in [0.05, 0.1) is 12.0 Å². The van der Waals surface area contributed by atoms with Crippen molar-refractivity contribution in [2.75, 3.05) is 26.0 Å². The van der Waals surface area contributed by atoms with Gasteiger partial charge in [0.2, 0.25) is 5.91 Å². The van der Waals surface area contributed by atoms with E-state index in [-0.39, 0.29) is 5.91 Å². The number of nitrogens with two attached hydrogens (primary N) is 1. The molecule has 0 saturated heterocycles. The van der Waals surface area contributed by atoms with E-state index in [9.17, 15) is 4.79 Å². The van der Waals surface area contributed by atoms with Crippen LogP contribution < -0.4 is 11.1 Å². The number of amides is 1. The Morgan fingerprint density at radius 1 is 1.43 bits per heavy atom. The number of fused-ring (bicyclic) bond motifs is 1. The molecule has 0 radical (unpaired) electrons. The third-order valence-corrected chi connectivity index (χ3v) is 3.63. The van der Waals surface area contributed by atoms with Crippen LogP contribution in [0.3, 0.4) is 0 Å². The van der Waals surface area contributed by atoms with Gasteiger partial charge in [0.15, 0.2) is 0 Å². The fourth-order valence-corrected chi connectivity index (χ4v) is 2.36. The highest BCUT2D eigenvalue weighted by Crippen LogP contribution is 2.26. The van der Waals surface area contributed by atoms with Crippen LogP contribution in [0.5, 0.6) is 0 Å². The molecule has 2 heterocycles. The van der Waals surface area contributed by atoms with Gasteiger partial charge in [-0.15, -0.1) is 0 Å². The highest BCUT2D eigenvalue weighted by Gasteiger charge is 2.15. The molecule has 0 aromatic carbocycles. The van der Waals surface area contributed by atoms with Gasteiger partial charge in [-0.3, -0.25) is 4.79 Å². The van der Waals surface area contributed by atoms with Crippen molar-refractivity contribution in [2.24, 2.45) is 0 Å². The number of ether oxygens (including phenoxy) is 1. The Morgan fingerprint density at radius 2 is 2.19 bits per heavy atom. The van der Waals surface area contributed by atoms with Gasteiger partial charge in [0, 0.05) is 32.3 Å². The fraction of sp³-hybridized carbons (Fsp3) is 0.500. The molecule has 0 fully saturated rings. The highest BCUT2D eigenvalue weighted by atomic mass is 16.5. The molecule has 2 rings (SSSR count). The van der Waals surface area contributed by atoms with Crippen LogP contribution in [0.25, 0.3) is 11.0 Å². The van der Waals surface area contributed by atoms with Crippen molar-refractivity contribution in [3.8, 4) is 0 Å². The first-order valence-corrected chi connectivity index (χ1v) is 6.87. The van der Waals surface area contributed by atoms with E-state index in [0.29, 0.717) is 31.9 Å². The van der Waals surface area contributed by atoms with Crippen LogP contribution in [-0.4, -0.2) is 40.7 Å². The first-order chi connectivity index (χ1) is 10.1. The Balaban J connectivity index is 2.14. The monoisotopic (exact) mass is 291 g/mol. The molecule has 7 nitrogen and oxygen atoms in total. The first-order valence-electron chi connectivity index (χ1n) is 6.87. The Bertz CT molecular complexity index is 650. The van der Waals surface area contributed by atoms with Gasteiger partial charge < -0.3 is 20.4 Å². The van der Waals surface area contributed by atoms with Crippen LogP contribution >= 0.6 is 0 Å². The maximum absolute atomic E-state index is 11.8. The molecule has 3 N–H and O–H groups in total. The summed E-state index contributed by atoms with van der Waals surface area (Å²) in [7, 11) is 1.61. The summed E-state index contributed by atoms with van der Waals surface area (Å²) in [6.07, 6.45) is 1.84. The largest absolute Gasteiger partial charge is 0.383 e. The van der Waals surface area contributed by atoms with Crippen molar-refractivity contribution in [1.29, 1.82) is 0 Å². The summed E-state index contributed by atoms with van der Waals surface area (Å²) in [5.41, 5.74) is 8.81. The zero-order valence-electron chi connectivity index (χ0n) is 12.6. The molecule has 114 valence electrons. The van der Waals surface area contributed by atoms with E-state index in [1.165, 1.54) is 6.33 Å². The lowest BCUT2D eigenvalue weighted by atomic mass is 10.2. The van der Waals surface area contributed by atoms with E-state index >= 15 is 0 Å². The predicted molar refractivity (Wildman–Crippen MR) is 80.9 cm³/mol. The second-order valence-corrected chi connectivity index (χ2v) is 4.91. The number of carbonyl (C=O) groups excluding carboxylic acids is 1. The number of hydrogen-bond acceptors (Lipinski definition) is 5. The van der Waals surface area contributed by atoms with E-state index in [1.807, 2.05) is 18.4 Å². The van der Waals surface area contributed by atoms with Crippen LogP contribution in [-0.2, 0) is 16.1 Å². The van der Waals surface area contributed by atoms with Gasteiger partial charge >= 0.3 is 0 Å². The van der Waals surface area contributed by atoms with Crippen molar-refractivity contribution in [2.45, 2.75) is 26.8 Å². The lowest BCUT2D eigenvalue weighted by Gasteiger charge is -2.08. The minimum absolute atomic E-state index is 0.00650. The molecule has 2 aromatic heterocycles. The predicted octanol–water partition coefficient (Wildman–Crippen LogP) is 0.783. The molecule has 0 aliphatic carbocycles. The molecule has 0 spiro atoms. The van der Waals surface area contributed by atoms with Crippen LogP contribution in [0.4, 0.5) is 5.82 Å². The number of aromatic nitrogens is 3. The third-order valence-electron chi connectivity index (χ3n) is 3.63. The maximum atomic E-state index is 11.8. The van der Waals surface area contributed by atoms with Gasteiger partial charge in [0.1, 0.15) is 17.8 Å². The molecule has 1 amide bonds. The molecule has 0 saturated carbocycles. The first kappa shape index (κ1) is 15.2. The molecular weight excluding hydrogens is 270 g/mol. The summed E-state index contributed by atoms with van der Waals surface area (Å²) >= 11 is 0. The number of hydrogen-bond donors (Lipinski definition) is 2. The number of nitrogens with zero attached hydrogens (tertiary/aromatic N) is 3.